The van der Waals surface area contributed by atoms with E-state index in [1.165, 1.54) is 9.75 Å². The van der Waals surface area contributed by atoms with Crippen molar-refractivity contribution in [3.05, 3.63) is 48.8 Å². The van der Waals surface area contributed by atoms with Crippen LogP contribution in [0.1, 0.15) is 0 Å². The standard InChI is InChI=1S/C24H30N10S/c25-23(26)33-11-7-31(8-12-33)21-5-1-17(15-29-21)19-3-4-20(35-19)18-2-6-22(30-16-18)32-9-13-34(14-10-32)24(27)28/h1-6,15-16H,7-14H2,(H3,25,26)(H3,27,28). The van der Waals surface area contributed by atoms with Crippen LogP contribution in [0, 0.1) is 10.8 Å². The first-order valence-electron chi connectivity index (χ1n) is 11.7. The fourth-order valence-corrected chi connectivity index (χ4v) is 5.43. The van der Waals surface area contributed by atoms with E-state index in [1.54, 1.807) is 11.3 Å². The lowest BCUT2D eigenvalue weighted by molar-refractivity contribution is 0.379. The van der Waals surface area contributed by atoms with Gasteiger partial charge in [-0.3, -0.25) is 10.8 Å². The zero-order chi connectivity index (χ0) is 24.4. The Balaban J connectivity index is 1.22. The second-order valence-corrected chi connectivity index (χ2v) is 9.78. The predicted molar refractivity (Wildman–Crippen MR) is 142 cm³/mol. The van der Waals surface area contributed by atoms with E-state index in [0.717, 1.165) is 75.1 Å². The highest BCUT2D eigenvalue weighted by Crippen LogP contribution is 2.35. The van der Waals surface area contributed by atoms with Crippen LogP contribution in [0.5, 0.6) is 0 Å². The Morgan fingerprint density at radius 2 is 1.03 bits per heavy atom. The van der Waals surface area contributed by atoms with Crippen LogP contribution in [0.25, 0.3) is 20.9 Å². The van der Waals surface area contributed by atoms with Gasteiger partial charge in [-0.05, 0) is 36.4 Å². The van der Waals surface area contributed by atoms with E-state index in [4.69, 9.17) is 32.3 Å². The van der Waals surface area contributed by atoms with Crippen LogP contribution in [-0.4, -0.2) is 84.0 Å². The van der Waals surface area contributed by atoms with Gasteiger partial charge in [0.2, 0.25) is 0 Å². The van der Waals surface area contributed by atoms with Gasteiger partial charge in [0.1, 0.15) is 11.6 Å². The van der Waals surface area contributed by atoms with Crippen molar-refractivity contribution >= 4 is 34.9 Å². The molecule has 0 spiro atoms. The van der Waals surface area contributed by atoms with E-state index in [1.807, 2.05) is 22.2 Å². The fourth-order valence-electron chi connectivity index (χ4n) is 4.44. The number of nitrogens with one attached hydrogen (secondary N) is 2. The molecule has 2 fully saturated rings. The number of anilines is 2. The molecule has 0 saturated carbocycles. The number of guanidine groups is 2. The SMILES string of the molecule is N=C(N)N1CCN(c2ccc(-c3ccc(-c4ccc(N5CCN(C(=N)N)CC5)nc4)s3)cn2)CC1. The van der Waals surface area contributed by atoms with Gasteiger partial charge >= 0.3 is 0 Å². The molecular weight excluding hydrogens is 460 g/mol. The molecule has 6 N–H and O–H groups in total. The van der Waals surface area contributed by atoms with Crippen molar-refractivity contribution in [3.8, 4) is 20.9 Å². The molecule has 0 atom stereocenters. The molecule has 10 nitrogen and oxygen atoms in total. The molecule has 5 rings (SSSR count). The molecule has 3 aromatic heterocycles. The highest BCUT2D eigenvalue weighted by atomic mass is 32.1. The molecule has 35 heavy (non-hydrogen) atoms. The van der Waals surface area contributed by atoms with Gasteiger partial charge in [-0.1, -0.05) is 0 Å². The van der Waals surface area contributed by atoms with E-state index in [9.17, 15) is 0 Å². The lowest BCUT2D eigenvalue weighted by Gasteiger charge is -2.35. The Morgan fingerprint density at radius 3 is 1.34 bits per heavy atom. The van der Waals surface area contributed by atoms with Crippen LogP contribution in [-0.2, 0) is 0 Å². The molecule has 2 aliphatic heterocycles. The molecule has 0 radical (unpaired) electrons. The zero-order valence-corrected chi connectivity index (χ0v) is 20.3. The largest absolute Gasteiger partial charge is 0.370 e. The summed E-state index contributed by atoms with van der Waals surface area (Å²) in [4.78, 5) is 20.0. The fraction of sp³-hybridized carbons (Fsp3) is 0.333. The van der Waals surface area contributed by atoms with Crippen LogP contribution in [0.2, 0.25) is 0 Å². The third-order valence-corrected chi connectivity index (χ3v) is 7.74. The van der Waals surface area contributed by atoms with Gasteiger partial charge in [0, 0.05) is 85.6 Å². The number of nitrogens with zero attached hydrogens (tertiary/aromatic N) is 6. The van der Waals surface area contributed by atoms with Gasteiger partial charge in [-0.2, -0.15) is 0 Å². The predicted octanol–water partition coefficient (Wildman–Crippen LogP) is 1.90. The molecular formula is C24H30N10S. The van der Waals surface area contributed by atoms with Gasteiger partial charge in [-0.25, -0.2) is 9.97 Å². The number of hydrogen-bond donors (Lipinski definition) is 4. The molecule has 182 valence electrons. The van der Waals surface area contributed by atoms with Gasteiger partial charge in [-0.15, -0.1) is 11.3 Å². The minimum Gasteiger partial charge on any atom is -0.370 e. The van der Waals surface area contributed by atoms with Crippen molar-refractivity contribution in [2.75, 3.05) is 62.2 Å². The van der Waals surface area contributed by atoms with E-state index in [2.05, 4.69) is 46.2 Å². The van der Waals surface area contributed by atoms with E-state index in [-0.39, 0.29) is 11.9 Å². The number of thiophene rings is 1. The molecule has 2 saturated heterocycles. The lowest BCUT2D eigenvalue weighted by atomic mass is 10.2. The first kappa shape index (κ1) is 22.9. The molecule has 2 aliphatic rings. The van der Waals surface area contributed by atoms with E-state index in [0.29, 0.717) is 0 Å². The normalized spacial score (nSPS) is 16.5. The van der Waals surface area contributed by atoms with E-state index >= 15 is 0 Å². The average Bonchev–Trinajstić information content (AvgIpc) is 3.39. The Labute approximate surface area is 208 Å². The van der Waals surface area contributed by atoms with Gasteiger partial charge in [0.15, 0.2) is 11.9 Å². The minimum atomic E-state index is 0.138. The molecule has 11 heteroatoms. The summed E-state index contributed by atoms with van der Waals surface area (Å²) in [6.07, 6.45) is 3.87. The summed E-state index contributed by atoms with van der Waals surface area (Å²) in [5.74, 6) is 2.19. The van der Waals surface area contributed by atoms with Crippen LogP contribution >= 0.6 is 11.3 Å². The maximum Gasteiger partial charge on any atom is 0.188 e. The van der Waals surface area contributed by atoms with Gasteiger partial charge in [0.25, 0.3) is 0 Å². The Morgan fingerprint density at radius 1 is 0.629 bits per heavy atom. The third kappa shape index (κ3) is 4.99. The van der Waals surface area contributed by atoms with Crippen LogP contribution in [0.3, 0.4) is 0 Å². The quantitative estimate of drug-likeness (QED) is 0.321. The van der Waals surface area contributed by atoms with Crippen molar-refractivity contribution in [1.29, 1.82) is 10.8 Å². The maximum absolute atomic E-state index is 7.58. The zero-order valence-electron chi connectivity index (χ0n) is 19.5. The molecule has 5 heterocycles. The molecule has 0 aliphatic carbocycles. The molecule has 0 amide bonds. The first-order valence-corrected chi connectivity index (χ1v) is 12.5. The minimum absolute atomic E-state index is 0.138. The summed E-state index contributed by atoms with van der Waals surface area (Å²) in [7, 11) is 0. The summed E-state index contributed by atoms with van der Waals surface area (Å²) in [5, 5.41) is 15.2. The number of pyridine rings is 2. The van der Waals surface area contributed by atoms with Crippen molar-refractivity contribution in [3.63, 3.8) is 0 Å². The average molecular weight is 491 g/mol. The Bertz CT molecular complexity index is 1080. The summed E-state index contributed by atoms with van der Waals surface area (Å²) in [6, 6.07) is 12.7. The number of piperazine rings is 2. The van der Waals surface area contributed by atoms with Crippen LogP contribution in [0.15, 0.2) is 48.8 Å². The first-order chi connectivity index (χ1) is 17.0. The number of hydrogen-bond acceptors (Lipinski definition) is 7. The summed E-state index contributed by atoms with van der Waals surface area (Å²) in [5.41, 5.74) is 13.4. The lowest BCUT2D eigenvalue weighted by Crippen LogP contribution is -2.51. The Kier molecular flexibility index (Phi) is 6.41. The number of rotatable bonds is 4. The van der Waals surface area contributed by atoms with Gasteiger partial charge < -0.3 is 31.1 Å². The monoisotopic (exact) mass is 490 g/mol. The molecule has 0 unspecified atom stereocenters. The van der Waals surface area contributed by atoms with Crippen LogP contribution < -0.4 is 21.3 Å². The molecule has 0 bridgehead atoms. The number of aromatic nitrogens is 2. The van der Waals surface area contributed by atoms with Crippen molar-refractivity contribution in [2.24, 2.45) is 11.5 Å². The summed E-state index contributed by atoms with van der Waals surface area (Å²) >= 11 is 1.73. The third-order valence-electron chi connectivity index (χ3n) is 6.56. The maximum atomic E-state index is 7.58. The summed E-state index contributed by atoms with van der Waals surface area (Å²) < 4.78 is 0. The molecule has 3 aromatic rings. The van der Waals surface area contributed by atoms with E-state index < -0.39 is 0 Å². The second kappa shape index (κ2) is 9.79. The topological polar surface area (TPSA) is 138 Å². The second-order valence-electron chi connectivity index (χ2n) is 8.69. The van der Waals surface area contributed by atoms with Crippen LogP contribution in [0.4, 0.5) is 11.6 Å². The Hall–Kier alpha value is -3.86. The van der Waals surface area contributed by atoms with Crippen molar-refractivity contribution in [2.45, 2.75) is 0 Å². The van der Waals surface area contributed by atoms with Gasteiger partial charge in [0.05, 0.1) is 0 Å². The highest BCUT2D eigenvalue weighted by Gasteiger charge is 2.20. The van der Waals surface area contributed by atoms with Crippen molar-refractivity contribution in [1.82, 2.24) is 19.8 Å². The highest BCUT2D eigenvalue weighted by molar-refractivity contribution is 7.18. The molecule has 0 aromatic carbocycles. The van der Waals surface area contributed by atoms with Crippen molar-refractivity contribution < 1.29 is 0 Å². The summed E-state index contributed by atoms with van der Waals surface area (Å²) in [6.45, 7) is 6.22. The number of nitrogens with two attached hydrogens (primary N) is 2. The smallest absolute Gasteiger partial charge is 0.188 e.